The van der Waals surface area contributed by atoms with E-state index in [-0.39, 0.29) is 5.57 Å². The summed E-state index contributed by atoms with van der Waals surface area (Å²) in [5, 5.41) is 13.4. The number of rotatable bonds is 3. The third-order valence-corrected chi connectivity index (χ3v) is 4.30. The first-order chi connectivity index (χ1) is 11.8. The zero-order chi connectivity index (χ0) is 18.2. The maximum Gasteiger partial charge on any atom is 0.265 e. The van der Waals surface area contributed by atoms with Crippen molar-refractivity contribution in [3.05, 3.63) is 64.0 Å². The highest BCUT2D eigenvalue weighted by Crippen LogP contribution is 2.28. The summed E-state index contributed by atoms with van der Waals surface area (Å²) in [5.74, 6) is -1.85. The van der Waals surface area contributed by atoms with Crippen molar-refractivity contribution < 1.29 is 14.7 Å². The second kappa shape index (κ2) is 5.94. The molecule has 1 heterocycles. The molecule has 0 bridgehead atoms. The molecule has 1 aromatic carbocycles. The number of amides is 2. The number of H-pyrrole nitrogens is 1. The lowest BCUT2D eigenvalue weighted by molar-refractivity contribution is -0.115. The highest BCUT2D eigenvalue weighted by molar-refractivity contribution is 6.04. The van der Waals surface area contributed by atoms with E-state index in [1.807, 2.05) is 0 Å². The Hall–Kier alpha value is -3.35. The van der Waals surface area contributed by atoms with E-state index in [9.17, 15) is 19.5 Å². The minimum absolute atomic E-state index is 0.222. The predicted molar refractivity (Wildman–Crippen MR) is 93.1 cm³/mol. The molecule has 1 aromatic heterocycles. The van der Waals surface area contributed by atoms with E-state index in [0.29, 0.717) is 17.3 Å². The summed E-state index contributed by atoms with van der Waals surface area (Å²) in [6.07, 6.45) is 5.31. The van der Waals surface area contributed by atoms with Gasteiger partial charge in [0.05, 0.1) is 11.1 Å². The van der Waals surface area contributed by atoms with E-state index in [2.05, 4.69) is 10.3 Å². The van der Waals surface area contributed by atoms with Gasteiger partial charge in [-0.15, -0.1) is 0 Å². The van der Waals surface area contributed by atoms with Crippen LogP contribution in [0.5, 0.6) is 5.75 Å². The molecule has 0 spiro atoms. The Morgan fingerprint density at radius 3 is 2.76 bits per heavy atom. The molecular formula is C18H17N3O4. The molecule has 1 aliphatic rings. The van der Waals surface area contributed by atoms with E-state index in [1.54, 1.807) is 43.3 Å². The Morgan fingerprint density at radius 1 is 1.32 bits per heavy atom. The number of hydrogen-bond acceptors (Lipinski definition) is 4. The summed E-state index contributed by atoms with van der Waals surface area (Å²) in [5.41, 5.74) is 3.84. The second-order valence-corrected chi connectivity index (χ2v) is 6.09. The zero-order valence-electron chi connectivity index (χ0n) is 13.5. The molecule has 0 radical (unpaired) electrons. The van der Waals surface area contributed by atoms with E-state index < -0.39 is 34.2 Å². The van der Waals surface area contributed by atoms with Gasteiger partial charge >= 0.3 is 0 Å². The van der Waals surface area contributed by atoms with Gasteiger partial charge in [0.25, 0.3) is 11.5 Å². The Bertz CT molecular complexity index is 1000. The van der Waals surface area contributed by atoms with Crippen LogP contribution in [0.25, 0.3) is 10.9 Å². The van der Waals surface area contributed by atoms with Crippen LogP contribution in [0.15, 0.2) is 52.9 Å². The van der Waals surface area contributed by atoms with Gasteiger partial charge in [0, 0.05) is 11.0 Å². The van der Waals surface area contributed by atoms with Crippen LogP contribution in [0.1, 0.15) is 23.7 Å². The SMILES string of the molecule is CC1(NC(=O)c2c(O)c3ccccc3[nH]c2=O)CC=CC=C1C(N)=O. The monoisotopic (exact) mass is 339 g/mol. The molecule has 0 aliphatic heterocycles. The average Bonchev–Trinajstić information content (AvgIpc) is 2.54. The molecule has 7 heteroatoms. The number of carbonyl (C=O) groups is 2. The third-order valence-electron chi connectivity index (χ3n) is 4.30. The van der Waals surface area contributed by atoms with Crippen LogP contribution >= 0.6 is 0 Å². The van der Waals surface area contributed by atoms with Gasteiger partial charge in [-0.2, -0.15) is 0 Å². The average molecular weight is 339 g/mol. The number of aromatic amines is 1. The lowest BCUT2D eigenvalue weighted by Gasteiger charge is -2.32. The molecule has 1 unspecified atom stereocenters. The normalized spacial score (nSPS) is 19.5. The molecule has 25 heavy (non-hydrogen) atoms. The Kier molecular flexibility index (Phi) is 3.92. The summed E-state index contributed by atoms with van der Waals surface area (Å²) >= 11 is 0. The van der Waals surface area contributed by atoms with Crippen molar-refractivity contribution in [2.24, 2.45) is 5.73 Å². The maximum absolute atomic E-state index is 12.7. The number of nitrogens with two attached hydrogens (primary N) is 1. The predicted octanol–water partition coefficient (Wildman–Crippen LogP) is 1.09. The third kappa shape index (κ3) is 2.80. The first kappa shape index (κ1) is 16.5. The van der Waals surface area contributed by atoms with Gasteiger partial charge in [-0.25, -0.2) is 0 Å². The fourth-order valence-electron chi connectivity index (χ4n) is 2.98. The fraction of sp³-hybridized carbons (Fsp3) is 0.167. The van der Waals surface area contributed by atoms with Crippen molar-refractivity contribution in [3.8, 4) is 5.75 Å². The van der Waals surface area contributed by atoms with Crippen LogP contribution in [0.4, 0.5) is 0 Å². The van der Waals surface area contributed by atoms with Crippen molar-refractivity contribution in [2.75, 3.05) is 0 Å². The zero-order valence-corrected chi connectivity index (χ0v) is 13.5. The number of carbonyl (C=O) groups excluding carboxylic acids is 2. The van der Waals surface area contributed by atoms with Crippen LogP contribution in [-0.2, 0) is 4.79 Å². The summed E-state index contributed by atoms with van der Waals surface area (Å²) in [7, 11) is 0. The Morgan fingerprint density at radius 2 is 2.04 bits per heavy atom. The van der Waals surface area contributed by atoms with E-state index in [0.717, 1.165) is 0 Å². The molecule has 0 fully saturated rings. The van der Waals surface area contributed by atoms with Gasteiger partial charge in [0.2, 0.25) is 5.91 Å². The molecule has 0 saturated carbocycles. The summed E-state index contributed by atoms with van der Waals surface area (Å²) < 4.78 is 0. The lowest BCUT2D eigenvalue weighted by Crippen LogP contribution is -2.51. The van der Waals surface area contributed by atoms with Crippen molar-refractivity contribution in [2.45, 2.75) is 18.9 Å². The highest BCUT2D eigenvalue weighted by Gasteiger charge is 2.35. The van der Waals surface area contributed by atoms with Crippen molar-refractivity contribution in [1.82, 2.24) is 10.3 Å². The molecule has 128 valence electrons. The van der Waals surface area contributed by atoms with E-state index >= 15 is 0 Å². The standard InChI is InChI=1S/C18H17N3O4/c1-18(9-5-4-7-11(18)15(19)23)21-17(25)13-14(22)10-6-2-3-8-12(10)20-16(13)24/h2-8H,9H2,1H3,(H2,19,23)(H,21,25)(H2,20,22,24). The number of benzene rings is 1. The number of primary amides is 1. The minimum Gasteiger partial charge on any atom is -0.506 e. The first-order valence-corrected chi connectivity index (χ1v) is 7.67. The molecule has 3 rings (SSSR count). The topological polar surface area (TPSA) is 125 Å². The number of nitrogens with one attached hydrogen (secondary N) is 2. The number of fused-ring (bicyclic) bond motifs is 1. The van der Waals surface area contributed by atoms with Crippen LogP contribution in [0.3, 0.4) is 0 Å². The van der Waals surface area contributed by atoms with Gasteiger partial charge in [-0.05, 0) is 25.5 Å². The Labute approximate surface area is 142 Å². The van der Waals surface area contributed by atoms with Crippen molar-refractivity contribution >= 4 is 22.7 Å². The summed E-state index contributed by atoms with van der Waals surface area (Å²) in [4.78, 5) is 39.2. The Balaban J connectivity index is 2.04. The molecule has 5 N–H and O–H groups in total. The van der Waals surface area contributed by atoms with E-state index in [4.69, 9.17) is 5.73 Å². The molecule has 2 amide bonds. The minimum atomic E-state index is -1.07. The summed E-state index contributed by atoms with van der Waals surface area (Å²) in [6, 6.07) is 6.61. The molecule has 0 saturated heterocycles. The number of para-hydroxylation sites is 1. The summed E-state index contributed by atoms with van der Waals surface area (Å²) in [6.45, 7) is 1.64. The fourth-order valence-corrected chi connectivity index (χ4v) is 2.98. The molecular weight excluding hydrogens is 322 g/mol. The van der Waals surface area contributed by atoms with Gasteiger partial charge in [-0.3, -0.25) is 14.4 Å². The molecule has 1 atom stereocenters. The van der Waals surface area contributed by atoms with Crippen molar-refractivity contribution in [1.29, 1.82) is 0 Å². The quantitative estimate of drug-likeness (QED) is 0.668. The number of allylic oxidation sites excluding steroid dienone is 2. The van der Waals surface area contributed by atoms with Crippen molar-refractivity contribution in [3.63, 3.8) is 0 Å². The molecule has 1 aliphatic carbocycles. The smallest absolute Gasteiger partial charge is 0.265 e. The van der Waals surface area contributed by atoms with E-state index in [1.165, 1.54) is 6.08 Å². The van der Waals surface area contributed by atoms with Gasteiger partial charge in [-0.1, -0.05) is 30.4 Å². The maximum atomic E-state index is 12.7. The number of aromatic hydroxyl groups is 1. The van der Waals surface area contributed by atoms with Gasteiger partial charge in [0.15, 0.2) is 0 Å². The van der Waals surface area contributed by atoms with Crippen LogP contribution in [0.2, 0.25) is 0 Å². The van der Waals surface area contributed by atoms with Gasteiger partial charge < -0.3 is 21.1 Å². The molecule has 2 aromatic rings. The van der Waals surface area contributed by atoms with Gasteiger partial charge in [0.1, 0.15) is 11.3 Å². The van der Waals surface area contributed by atoms with Crippen LogP contribution in [0, 0.1) is 0 Å². The molecule has 7 nitrogen and oxygen atoms in total. The number of aromatic nitrogens is 1. The second-order valence-electron chi connectivity index (χ2n) is 6.09. The van der Waals surface area contributed by atoms with Crippen LogP contribution in [-0.4, -0.2) is 27.4 Å². The first-order valence-electron chi connectivity index (χ1n) is 7.67. The number of hydrogen-bond donors (Lipinski definition) is 4. The highest BCUT2D eigenvalue weighted by atomic mass is 16.3. The lowest BCUT2D eigenvalue weighted by atomic mass is 9.84. The largest absolute Gasteiger partial charge is 0.506 e. The van der Waals surface area contributed by atoms with Crippen LogP contribution < -0.4 is 16.6 Å². The number of pyridine rings is 1.